The van der Waals surface area contributed by atoms with E-state index in [9.17, 15) is 14.4 Å². The zero-order valence-electron chi connectivity index (χ0n) is 18.1. The van der Waals surface area contributed by atoms with Crippen molar-refractivity contribution in [2.75, 3.05) is 31.0 Å². The quantitative estimate of drug-likeness (QED) is 0.622. The van der Waals surface area contributed by atoms with E-state index in [4.69, 9.17) is 9.47 Å². The van der Waals surface area contributed by atoms with Gasteiger partial charge in [-0.25, -0.2) is 4.98 Å². The Balaban J connectivity index is 1.60. The number of benzene rings is 2. The lowest BCUT2D eigenvalue weighted by atomic mass is 10.0. The minimum atomic E-state index is -0.793. The van der Waals surface area contributed by atoms with Crippen LogP contribution in [0.25, 0.3) is 0 Å². The Bertz CT molecular complexity index is 1300. The Morgan fingerprint density at radius 2 is 1.91 bits per heavy atom. The number of rotatable bonds is 5. The highest BCUT2D eigenvalue weighted by Crippen LogP contribution is 2.49. The van der Waals surface area contributed by atoms with Gasteiger partial charge in [0.05, 0.1) is 36.7 Å². The van der Waals surface area contributed by atoms with Gasteiger partial charge < -0.3 is 19.7 Å². The normalized spacial score (nSPS) is 16.3. The van der Waals surface area contributed by atoms with E-state index < -0.39 is 12.1 Å². The van der Waals surface area contributed by atoms with E-state index in [1.807, 2.05) is 12.3 Å². The predicted molar refractivity (Wildman–Crippen MR) is 122 cm³/mol. The number of ether oxygens (including phenoxy) is 2. The molecular weight excluding hydrogens is 444 g/mol. The monoisotopic (exact) mass is 464 g/mol. The summed E-state index contributed by atoms with van der Waals surface area (Å²) in [5, 5.41) is 5.01. The van der Waals surface area contributed by atoms with Gasteiger partial charge in [0.2, 0.25) is 5.91 Å². The summed E-state index contributed by atoms with van der Waals surface area (Å²) in [4.78, 5) is 47.1. The van der Waals surface area contributed by atoms with E-state index in [2.05, 4.69) is 10.3 Å². The molecule has 1 N–H and O–H groups in total. The molecule has 0 spiro atoms. The Morgan fingerprint density at radius 1 is 1.12 bits per heavy atom. The highest BCUT2D eigenvalue weighted by Gasteiger charge is 2.50. The van der Waals surface area contributed by atoms with Crippen molar-refractivity contribution in [1.29, 1.82) is 0 Å². The number of aromatic nitrogens is 1. The molecule has 3 aromatic rings. The van der Waals surface area contributed by atoms with Crippen molar-refractivity contribution < 1.29 is 23.9 Å². The van der Waals surface area contributed by atoms with E-state index >= 15 is 0 Å². The first-order valence-electron chi connectivity index (χ1n) is 10.1. The highest BCUT2D eigenvalue weighted by molar-refractivity contribution is 7.13. The van der Waals surface area contributed by atoms with Crippen LogP contribution in [0.5, 0.6) is 11.5 Å². The molecule has 0 bridgehead atoms. The lowest BCUT2D eigenvalue weighted by Gasteiger charge is -2.40. The summed E-state index contributed by atoms with van der Waals surface area (Å²) >= 11 is 1.31. The van der Waals surface area contributed by atoms with E-state index in [1.54, 1.807) is 36.4 Å². The molecule has 168 valence electrons. The first-order chi connectivity index (χ1) is 15.9. The van der Waals surface area contributed by atoms with Crippen LogP contribution in [-0.2, 0) is 4.79 Å². The maximum Gasteiger partial charge on any atom is 0.264 e. The second-order valence-corrected chi connectivity index (χ2v) is 8.46. The third kappa shape index (κ3) is 3.21. The lowest BCUT2D eigenvalue weighted by molar-refractivity contribution is -0.117. The molecule has 0 aliphatic carbocycles. The molecular formula is C23H20N4O5S. The first kappa shape index (κ1) is 21.0. The van der Waals surface area contributed by atoms with Gasteiger partial charge in [-0.15, -0.1) is 11.3 Å². The summed E-state index contributed by atoms with van der Waals surface area (Å²) in [6.45, 7) is 1.58. The fourth-order valence-electron chi connectivity index (χ4n) is 4.31. The third-order valence-corrected chi connectivity index (χ3v) is 6.54. The number of hydrogen-bond acceptors (Lipinski definition) is 7. The number of carbonyl (C=O) groups excluding carboxylic acids is 3. The number of para-hydroxylation sites is 1. The van der Waals surface area contributed by atoms with Crippen LogP contribution in [0.3, 0.4) is 0 Å². The Kier molecular flexibility index (Phi) is 5.01. The van der Waals surface area contributed by atoms with Crippen molar-refractivity contribution in [3.05, 3.63) is 64.2 Å². The fraction of sp³-hybridized carbons (Fsp3) is 0.217. The van der Waals surface area contributed by atoms with Gasteiger partial charge in [0.15, 0.2) is 16.6 Å². The van der Waals surface area contributed by atoms with Gasteiger partial charge in [0.25, 0.3) is 11.8 Å². The Morgan fingerprint density at radius 3 is 2.61 bits per heavy atom. The van der Waals surface area contributed by atoms with Crippen LogP contribution in [0.2, 0.25) is 0 Å². The van der Waals surface area contributed by atoms with E-state index in [-0.39, 0.29) is 18.4 Å². The maximum absolute atomic E-state index is 13.6. The summed E-state index contributed by atoms with van der Waals surface area (Å²) in [6.07, 6.45) is -0.793. The predicted octanol–water partition coefficient (Wildman–Crippen LogP) is 3.22. The van der Waals surface area contributed by atoms with Crippen LogP contribution in [0, 0.1) is 6.92 Å². The highest BCUT2D eigenvalue weighted by atomic mass is 32.1. The second kappa shape index (κ2) is 7.89. The van der Waals surface area contributed by atoms with Crippen LogP contribution in [0.1, 0.15) is 38.1 Å². The summed E-state index contributed by atoms with van der Waals surface area (Å²) < 4.78 is 10.9. The molecule has 0 saturated heterocycles. The van der Waals surface area contributed by atoms with Gasteiger partial charge in [-0.05, 0) is 25.1 Å². The third-order valence-electron chi connectivity index (χ3n) is 5.66. The number of amides is 3. The number of aryl methyl sites for hydroxylation is 1. The second-order valence-electron chi connectivity index (χ2n) is 7.61. The largest absolute Gasteiger partial charge is 0.493 e. The molecule has 9 nitrogen and oxygen atoms in total. The Labute approximate surface area is 193 Å². The smallest absolute Gasteiger partial charge is 0.264 e. The number of anilines is 2. The van der Waals surface area contributed by atoms with E-state index in [1.165, 1.54) is 35.4 Å². The topological polar surface area (TPSA) is 101 Å². The minimum Gasteiger partial charge on any atom is -0.493 e. The number of methoxy groups -OCH3 is 2. The molecule has 3 amide bonds. The van der Waals surface area contributed by atoms with Crippen molar-refractivity contribution >= 4 is 39.9 Å². The molecule has 1 aromatic heterocycles. The standard InChI is InChI=1S/C23H20N4O5S/c1-12-11-33-23(24-12)25-17(28)10-26-20-14-8-9-16(31-2)19(32-3)18(14)22(30)27(20)15-7-5-4-6-13(15)21(26)29/h4-9,11,20H,10H2,1-3H3,(H,24,25,28)/t20-/m1/s1. The average molecular weight is 465 g/mol. The van der Waals surface area contributed by atoms with Crippen LogP contribution < -0.4 is 19.7 Å². The van der Waals surface area contributed by atoms with Crippen LogP contribution in [-0.4, -0.2) is 48.4 Å². The molecule has 10 heteroatoms. The van der Waals surface area contributed by atoms with Crippen molar-refractivity contribution in [2.24, 2.45) is 0 Å². The number of fused-ring (bicyclic) bond motifs is 5. The molecule has 2 aliphatic rings. The zero-order chi connectivity index (χ0) is 23.3. The number of thiazole rings is 1. The molecule has 3 heterocycles. The van der Waals surface area contributed by atoms with Crippen molar-refractivity contribution in [3.8, 4) is 11.5 Å². The van der Waals surface area contributed by atoms with Crippen molar-refractivity contribution in [2.45, 2.75) is 13.1 Å². The van der Waals surface area contributed by atoms with Gasteiger partial charge in [0, 0.05) is 10.9 Å². The van der Waals surface area contributed by atoms with Gasteiger partial charge in [-0.1, -0.05) is 18.2 Å². The van der Waals surface area contributed by atoms with Gasteiger partial charge in [0.1, 0.15) is 12.7 Å². The summed E-state index contributed by atoms with van der Waals surface area (Å²) in [7, 11) is 2.95. The number of hydrogen-bond donors (Lipinski definition) is 1. The minimum absolute atomic E-state index is 0.256. The van der Waals surface area contributed by atoms with Gasteiger partial charge >= 0.3 is 0 Å². The maximum atomic E-state index is 13.6. The molecule has 0 fully saturated rings. The molecule has 0 unspecified atom stereocenters. The average Bonchev–Trinajstić information content (AvgIpc) is 3.36. The van der Waals surface area contributed by atoms with Crippen LogP contribution >= 0.6 is 11.3 Å². The molecule has 0 saturated carbocycles. The molecule has 1 atom stereocenters. The number of nitrogens with one attached hydrogen (secondary N) is 1. The van der Waals surface area contributed by atoms with Crippen LogP contribution in [0.15, 0.2) is 41.8 Å². The Hall–Kier alpha value is -3.92. The van der Waals surface area contributed by atoms with E-state index in [0.29, 0.717) is 39.0 Å². The summed E-state index contributed by atoms with van der Waals surface area (Å²) in [5.41, 5.74) is 2.51. The van der Waals surface area contributed by atoms with Crippen molar-refractivity contribution in [3.63, 3.8) is 0 Å². The van der Waals surface area contributed by atoms with Gasteiger partial charge in [-0.2, -0.15) is 0 Å². The van der Waals surface area contributed by atoms with Crippen molar-refractivity contribution in [1.82, 2.24) is 9.88 Å². The van der Waals surface area contributed by atoms with Crippen LogP contribution in [0.4, 0.5) is 10.8 Å². The SMILES string of the molecule is COc1ccc2c(c1OC)C(=O)N1c3ccccc3C(=O)N(CC(=O)Nc3nc(C)cs3)[C@@H]21. The summed E-state index contributed by atoms with van der Waals surface area (Å²) in [6, 6.07) is 10.3. The zero-order valence-corrected chi connectivity index (χ0v) is 18.9. The first-order valence-corrected chi connectivity index (χ1v) is 11.0. The molecule has 2 aromatic carbocycles. The van der Waals surface area contributed by atoms with Gasteiger partial charge in [-0.3, -0.25) is 19.3 Å². The number of nitrogens with zero attached hydrogens (tertiary/aromatic N) is 3. The number of carbonyl (C=O) groups is 3. The molecule has 0 radical (unpaired) electrons. The molecule has 5 rings (SSSR count). The molecule has 2 aliphatic heterocycles. The lowest BCUT2D eigenvalue weighted by Crippen LogP contribution is -2.50. The molecule has 33 heavy (non-hydrogen) atoms. The fourth-order valence-corrected chi connectivity index (χ4v) is 5.01. The van der Waals surface area contributed by atoms with E-state index in [0.717, 1.165) is 5.69 Å². The summed E-state index contributed by atoms with van der Waals surface area (Å²) in [5.74, 6) is -0.368.